The molecule has 2 aliphatic heterocycles. The van der Waals surface area contributed by atoms with Crippen LogP contribution in [0.4, 0.5) is 0 Å². The molecule has 2 saturated heterocycles. The van der Waals surface area contributed by atoms with E-state index in [0.29, 0.717) is 11.6 Å². The molecule has 0 unspecified atom stereocenters. The number of carbonyl (C=O) groups is 1. The molecule has 0 radical (unpaired) electrons. The number of aromatic nitrogens is 2. The van der Waals surface area contributed by atoms with Crippen LogP contribution in [0.1, 0.15) is 22.5 Å². The Morgan fingerprint density at radius 3 is 2.92 bits per heavy atom. The van der Waals surface area contributed by atoms with Gasteiger partial charge in [-0.2, -0.15) is 0 Å². The molecule has 2 atom stereocenters. The average Bonchev–Trinajstić information content (AvgIpc) is 3.17. The first kappa shape index (κ1) is 16.0. The molecule has 4 rings (SSSR count). The third-order valence-electron chi connectivity index (χ3n) is 5.42. The van der Waals surface area contributed by atoms with Gasteiger partial charge in [0.2, 0.25) is 0 Å². The molecule has 0 N–H and O–H groups in total. The van der Waals surface area contributed by atoms with Gasteiger partial charge >= 0.3 is 0 Å². The maximum Gasteiger partial charge on any atom is 0.270 e. The number of carbonyl (C=O) groups excluding carboxylic acids is 1. The highest BCUT2D eigenvalue weighted by molar-refractivity contribution is 5.93. The Morgan fingerprint density at radius 1 is 1.24 bits per heavy atom. The SMILES string of the molecule is Cn1c(C(=O)N2CC[C@H]3CN(Cc4cccnc4)C[C@H]32)cccc1=O. The third-order valence-corrected chi connectivity index (χ3v) is 5.42. The summed E-state index contributed by atoms with van der Waals surface area (Å²) in [5.41, 5.74) is 1.52. The highest BCUT2D eigenvalue weighted by atomic mass is 16.2. The van der Waals surface area contributed by atoms with Crippen molar-refractivity contribution >= 4 is 5.91 Å². The van der Waals surface area contributed by atoms with E-state index in [1.165, 1.54) is 16.2 Å². The van der Waals surface area contributed by atoms with Crippen LogP contribution in [-0.4, -0.2) is 50.9 Å². The summed E-state index contributed by atoms with van der Waals surface area (Å²) >= 11 is 0. The van der Waals surface area contributed by atoms with Crippen LogP contribution < -0.4 is 5.56 Å². The lowest BCUT2D eigenvalue weighted by Gasteiger charge is -2.25. The second-order valence-electron chi connectivity index (χ2n) is 6.98. The van der Waals surface area contributed by atoms with Crippen LogP contribution in [0.15, 0.2) is 47.5 Å². The molecule has 6 heteroatoms. The number of pyridine rings is 2. The van der Waals surface area contributed by atoms with Gasteiger partial charge in [0.25, 0.3) is 11.5 Å². The second-order valence-corrected chi connectivity index (χ2v) is 6.98. The summed E-state index contributed by atoms with van der Waals surface area (Å²) in [6.45, 7) is 3.54. The molecular formula is C19H22N4O2. The number of hydrogen-bond acceptors (Lipinski definition) is 4. The lowest BCUT2D eigenvalue weighted by Crippen LogP contribution is -2.41. The van der Waals surface area contributed by atoms with E-state index in [-0.39, 0.29) is 17.5 Å². The summed E-state index contributed by atoms with van der Waals surface area (Å²) in [5.74, 6) is 0.484. The largest absolute Gasteiger partial charge is 0.333 e. The van der Waals surface area contributed by atoms with Gasteiger partial charge in [-0.25, -0.2) is 0 Å². The van der Waals surface area contributed by atoms with Gasteiger partial charge in [0, 0.05) is 57.7 Å². The zero-order valence-electron chi connectivity index (χ0n) is 14.3. The fraction of sp³-hybridized carbons (Fsp3) is 0.421. The van der Waals surface area contributed by atoms with E-state index in [1.807, 2.05) is 17.2 Å². The molecule has 2 aliphatic rings. The van der Waals surface area contributed by atoms with Gasteiger partial charge in [0.05, 0.1) is 0 Å². The van der Waals surface area contributed by atoms with Gasteiger partial charge < -0.3 is 9.47 Å². The molecule has 25 heavy (non-hydrogen) atoms. The van der Waals surface area contributed by atoms with Gasteiger partial charge in [-0.15, -0.1) is 0 Å². The molecule has 2 aromatic heterocycles. The van der Waals surface area contributed by atoms with E-state index >= 15 is 0 Å². The van der Waals surface area contributed by atoms with Crippen LogP contribution in [0.5, 0.6) is 0 Å². The van der Waals surface area contributed by atoms with Crippen LogP contribution >= 0.6 is 0 Å². The van der Waals surface area contributed by atoms with Crippen LogP contribution in [0.2, 0.25) is 0 Å². The quantitative estimate of drug-likeness (QED) is 0.842. The topological polar surface area (TPSA) is 58.4 Å². The smallest absolute Gasteiger partial charge is 0.270 e. The van der Waals surface area contributed by atoms with Gasteiger partial charge in [-0.05, 0) is 30.0 Å². The van der Waals surface area contributed by atoms with Crippen LogP contribution in [0, 0.1) is 5.92 Å². The Morgan fingerprint density at radius 2 is 2.12 bits per heavy atom. The fourth-order valence-corrected chi connectivity index (χ4v) is 4.11. The van der Waals surface area contributed by atoms with E-state index in [9.17, 15) is 9.59 Å². The minimum Gasteiger partial charge on any atom is -0.333 e. The molecule has 2 aromatic rings. The lowest BCUT2D eigenvalue weighted by atomic mass is 10.1. The number of nitrogens with zero attached hydrogens (tertiary/aromatic N) is 4. The molecule has 1 amide bonds. The van der Waals surface area contributed by atoms with Crippen molar-refractivity contribution in [3.05, 3.63) is 64.3 Å². The van der Waals surface area contributed by atoms with E-state index in [4.69, 9.17) is 0 Å². The lowest BCUT2D eigenvalue weighted by molar-refractivity contribution is 0.0715. The summed E-state index contributed by atoms with van der Waals surface area (Å²) in [6.07, 6.45) is 4.71. The molecule has 0 aliphatic carbocycles. The van der Waals surface area contributed by atoms with Crippen molar-refractivity contribution in [1.29, 1.82) is 0 Å². The van der Waals surface area contributed by atoms with Gasteiger partial charge in [-0.1, -0.05) is 12.1 Å². The minimum absolute atomic E-state index is 0.0315. The number of likely N-dealkylation sites (tertiary alicyclic amines) is 2. The molecule has 0 saturated carbocycles. The molecule has 0 aromatic carbocycles. The fourth-order valence-electron chi connectivity index (χ4n) is 4.11. The molecule has 2 fully saturated rings. The van der Waals surface area contributed by atoms with Crippen LogP contribution in [0.3, 0.4) is 0 Å². The summed E-state index contributed by atoms with van der Waals surface area (Å²) in [6, 6.07) is 9.15. The summed E-state index contributed by atoms with van der Waals surface area (Å²) in [7, 11) is 1.66. The highest BCUT2D eigenvalue weighted by Gasteiger charge is 2.43. The Balaban J connectivity index is 1.49. The van der Waals surface area contributed by atoms with Crippen molar-refractivity contribution in [2.45, 2.75) is 19.0 Å². The normalized spacial score (nSPS) is 23.0. The monoisotopic (exact) mass is 338 g/mol. The molecular weight excluding hydrogens is 316 g/mol. The first-order valence-corrected chi connectivity index (χ1v) is 8.72. The van der Waals surface area contributed by atoms with Crippen LogP contribution in [0.25, 0.3) is 0 Å². The van der Waals surface area contributed by atoms with Crippen molar-refractivity contribution in [2.75, 3.05) is 19.6 Å². The standard InChI is InChI=1S/C19H22N4O2/c1-21-16(5-2-6-18(21)24)19(25)23-9-7-15-12-22(13-17(15)23)11-14-4-3-8-20-10-14/h2-6,8,10,15,17H,7,9,11-13H2,1H3/t15-,17+/m0/s1. The maximum atomic E-state index is 13.0. The third kappa shape index (κ3) is 2.98. The predicted molar refractivity (Wildman–Crippen MR) is 94.1 cm³/mol. The molecule has 0 spiro atoms. The maximum absolute atomic E-state index is 13.0. The highest BCUT2D eigenvalue weighted by Crippen LogP contribution is 2.33. The Kier molecular flexibility index (Phi) is 4.13. The Bertz CT molecular complexity index is 833. The minimum atomic E-state index is -0.147. The van der Waals surface area contributed by atoms with E-state index in [2.05, 4.69) is 16.0 Å². The van der Waals surface area contributed by atoms with Crippen molar-refractivity contribution in [2.24, 2.45) is 13.0 Å². The zero-order valence-corrected chi connectivity index (χ0v) is 14.3. The molecule has 0 bridgehead atoms. The Labute approximate surface area is 146 Å². The zero-order chi connectivity index (χ0) is 17.4. The first-order chi connectivity index (χ1) is 12.1. The summed E-state index contributed by atoms with van der Waals surface area (Å²) in [4.78, 5) is 33.3. The number of amides is 1. The average molecular weight is 338 g/mol. The van der Waals surface area contributed by atoms with E-state index < -0.39 is 0 Å². The summed E-state index contributed by atoms with van der Waals surface area (Å²) in [5, 5.41) is 0. The predicted octanol–water partition coefficient (Wildman–Crippen LogP) is 1.13. The molecule has 130 valence electrons. The van der Waals surface area contributed by atoms with Crippen molar-refractivity contribution in [1.82, 2.24) is 19.4 Å². The number of fused-ring (bicyclic) bond motifs is 1. The van der Waals surface area contributed by atoms with Gasteiger partial charge in [-0.3, -0.25) is 19.5 Å². The number of rotatable bonds is 3. The van der Waals surface area contributed by atoms with E-state index in [1.54, 1.807) is 25.4 Å². The first-order valence-electron chi connectivity index (χ1n) is 8.72. The number of hydrogen-bond donors (Lipinski definition) is 0. The Hall–Kier alpha value is -2.47. The molecule has 6 nitrogen and oxygen atoms in total. The van der Waals surface area contributed by atoms with Crippen molar-refractivity contribution in [3.63, 3.8) is 0 Å². The van der Waals surface area contributed by atoms with E-state index in [0.717, 1.165) is 32.6 Å². The van der Waals surface area contributed by atoms with Crippen molar-refractivity contribution in [3.8, 4) is 0 Å². The van der Waals surface area contributed by atoms with Gasteiger partial charge in [0.15, 0.2) is 0 Å². The summed E-state index contributed by atoms with van der Waals surface area (Å²) < 4.78 is 1.44. The molecule has 4 heterocycles. The van der Waals surface area contributed by atoms with Crippen molar-refractivity contribution < 1.29 is 4.79 Å². The van der Waals surface area contributed by atoms with Crippen LogP contribution in [-0.2, 0) is 13.6 Å². The second kappa shape index (κ2) is 6.44. The van der Waals surface area contributed by atoms with Gasteiger partial charge in [0.1, 0.15) is 5.69 Å².